The van der Waals surface area contributed by atoms with E-state index in [-0.39, 0.29) is 0 Å². The first-order chi connectivity index (χ1) is 8.81. The third-order valence-electron chi connectivity index (χ3n) is 3.86. The molecule has 0 saturated heterocycles. The zero-order valence-electron chi connectivity index (χ0n) is 13.1. The van der Waals surface area contributed by atoms with Crippen molar-refractivity contribution >= 4 is 6.85 Å². The molecule has 0 saturated carbocycles. The lowest BCUT2D eigenvalue weighted by Gasteiger charge is -2.07. The molecule has 0 amide bonds. The molecule has 0 aliphatic carbocycles. The van der Waals surface area contributed by atoms with E-state index in [1.165, 1.54) is 89.7 Å². The number of rotatable bonds is 14. The average molecular weight is 253 g/mol. The van der Waals surface area contributed by atoms with E-state index in [4.69, 9.17) is 5.64 Å². The van der Waals surface area contributed by atoms with Crippen LogP contribution in [0.3, 0.4) is 0 Å². The largest absolute Gasteiger partial charge is 0.370 e. The molecule has 0 atom stereocenters. The molecular weight excluding hydrogens is 217 g/mol. The second-order valence-corrected chi connectivity index (χ2v) is 5.87. The summed E-state index contributed by atoms with van der Waals surface area (Å²) < 4.78 is 0. The predicted octanol–water partition coefficient (Wildman–Crippen LogP) is 5.66. The minimum atomic E-state index is 0.474. The molecule has 0 fully saturated rings. The van der Waals surface area contributed by atoms with Gasteiger partial charge in [-0.2, -0.15) is 0 Å². The Kier molecular flexibility index (Phi) is 15.1. The molecule has 0 unspecified atom stereocenters. The summed E-state index contributed by atoms with van der Waals surface area (Å²) in [4.78, 5) is 0. The lowest BCUT2D eigenvalue weighted by atomic mass is 9.56. The van der Waals surface area contributed by atoms with Gasteiger partial charge in [0.25, 0.3) is 0 Å². The van der Waals surface area contributed by atoms with Crippen LogP contribution in [-0.4, -0.2) is 6.85 Å². The zero-order valence-corrected chi connectivity index (χ0v) is 13.1. The molecule has 1 nitrogen and oxygen atoms in total. The van der Waals surface area contributed by atoms with E-state index in [0.717, 1.165) is 0 Å². The van der Waals surface area contributed by atoms with Crippen molar-refractivity contribution in [1.82, 2.24) is 0 Å². The Bertz CT molecular complexity index is 134. The maximum Gasteiger partial charge on any atom is 0.217 e. The molecule has 0 aliphatic heterocycles. The normalized spacial score (nSPS) is 10.8. The van der Waals surface area contributed by atoms with Crippen molar-refractivity contribution in [3.8, 4) is 0 Å². The Morgan fingerprint density at radius 3 is 1.28 bits per heavy atom. The Labute approximate surface area is 116 Å². The Balaban J connectivity index is 3.10. The quantitative estimate of drug-likeness (QED) is 0.314. The molecule has 0 spiro atoms. The van der Waals surface area contributed by atoms with Crippen LogP contribution in [0.5, 0.6) is 0 Å². The Morgan fingerprint density at radius 1 is 0.556 bits per heavy atom. The van der Waals surface area contributed by atoms with Crippen molar-refractivity contribution in [1.29, 1.82) is 0 Å². The van der Waals surface area contributed by atoms with Crippen LogP contribution in [-0.2, 0) is 0 Å². The summed E-state index contributed by atoms with van der Waals surface area (Å²) in [6, 6.07) is 0. The van der Waals surface area contributed by atoms with Gasteiger partial charge in [-0.05, 0) is 0 Å². The molecule has 0 aromatic heterocycles. The summed E-state index contributed by atoms with van der Waals surface area (Å²) in [5.74, 6) is 0. The van der Waals surface area contributed by atoms with Gasteiger partial charge in [-0.1, -0.05) is 104 Å². The number of unbranched alkanes of at least 4 members (excludes halogenated alkanes) is 10. The molecule has 0 aliphatic rings. The molecule has 0 rings (SSSR count). The first kappa shape index (κ1) is 18.0. The van der Waals surface area contributed by atoms with Gasteiger partial charge in [0.05, 0.1) is 0 Å². The van der Waals surface area contributed by atoms with E-state index >= 15 is 0 Å². The van der Waals surface area contributed by atoms with Crippen molar-refractivity contribution in [2.75, 3.05) is 0 Å². The fraction of sp³-hybridized carbons (Fsp3) is 1.00. The first-order valence-corrected chi connectivity index (χ1v) is 8.56. The van der Waals surface area contributed by atoms with Crippen molar-refractivity contribution in [2.24, 2.45) is 5.64 Å². The van der Waals surface area contributed by atoms with Crippen molar-refractivity contribution in [2.45, 2.75) is 104 Å². The second kappa shape index (κ2) is 15.1. The number of hydrogen-bond donors (Lipinski definition) is 1. The lowest BCUT2D eigenvalue weighted by molar-refractivity contribution is 0.616. The minimum absolute atomic E-state index is 0.474. The van der Waals surface area contributed by atoms with Crippen LogP contribution in [0.2, 0.25) is 12.6 Å². The Hall–Kier alpha value is 0.0249. The summed E-state index contributed by atoms with van der Waals surface area (Å²) in [6.07, 6.45) is 19.2. The summed E-state index contributed by atoms with van der Waals surface area (Å²) in [6.45, 7) is 5.02. The van der Waals surface area contributed by atoms with Gasteiger partial charge < -0.3 is 5.64 Å². The molecule has 18 heavy (non-hydrogen) atoms. The second-order valence-electron chi connectivity index (χ2n) is 5.87. The van der Waals surface area contributed by atoms with Gasteiger partial charge in [-0.3, -0.25) is 0 Å². The maximum atomic E-state index is 6.16. The zero-order chi connectivity index (χ0) is 13.5. The van der Waals surface area contributed by atoms with Gasteiger partial charge >= 0.3 is 0 Å². The van der Waals surface area contributed by atoms with E-state index in [1.807, 2.05) is 0 Å². The highest BCUT2D eigenvalue weighted by atomic mass is 14.4. The molecule has 2 heteroatoms. The van der Waals surface area contributed by atoms with E-state index < -0.39 is 0 Å². The van der Waals surface area contributed by atoms with Gasteiger partial charge in [0.2, 0.25) is 6.85 Å². The highest BCUT2D eigenvalue weighted by Crippen LogP contribution is 2.12. The highest BCUT2D eigenvalue weighted by molar-refractivity contribution is 6.55. The molecule has 0 bridgehead atoms. The van der Waals surface area contributed by atoms with Crippen LogP contribution in [0, 0.1) is 0 Å². The fourth-order valence-electron chi connectivity index (χ4n) is 2.52. The standard InChI is InChI=1S/C16H36BN/c1-3-5-7-9-11-13-15-17(18)16-14-12-10-8-6-4-2/h3-16,18H2,1-2H3. The van der Waals surface area contributed by atoms with Crippen molar-refractivity contribution < 1.29 is 0 Å². The average Bonchev–Trinajstić information content (AvgIpc) is 2.38. The van der Waals surface area contributed by atoms with Crippen LogP contribution < -0.4 is 5.64 Å². The maximum absolute atomic E-state index is 6.16. The molecule has 108 valence electrons. The molecule has 2 N–H and O–H groups in total. The monoisotopic (exact) mass is 253 g/mol. The third kappa shape index (κ3) is 14.1. The highest BCUT2D eigenvalue weighted by Gasteiger charge is 2.06. The van der Waals surface area contributed by atoms with Gasteiger partial charge in [0.1, 0.15) is 0 Å². The summed E-state index contributed by atoms with van der Waals surface area (Å²) in [7, 11) is 0. The topological polar surface area (TPSA) is 26.0 Å². The van der Waals surface area contributed by atoms with Crippen molar-refractivity contribution in [3.63, 3.8) is 0 Å². The Morgan fingerprint density at radius 2 is 0.889 bits per heavy atom. The van der Waals surface area contributed by atoms with Crippen LogP contribution >= 0.6 is 0 Å². The van der Waals surface area contributed by atoms with E-state index in [2.05, 4.69) is 13.8 Å². The van der Waals surface area contributed by atoms with Crippen molar-refractivity contribution in [3.05, 3.63) is 0 Å². The number of hydrogen-bond acceptors (Lipinski definition) is 1. The van der Waals surface area contributed by atoms with Gasteiger partial charge in [-0.25, -0.2) is 0 Å². The summed E-state index contributed by atoms with van der Waals surface area (Å²) in [5, 5.41) is 0. The van der Waals surface area contributed by atoms with E-state index in [9.17, 15) is 0 Å². The molecule has 0 radical (unpaired) electrons. The summed E-state index contributed by atoms with van der Waals surface area (Å²) in [5.41, 5.74) is 6.16. The van der Waals surface area contributed by atoms with E-state index in [1.54, 1.807) is 0 Å². The van der Waals surface area contributed by atoms with Gasteiger partial charge in [-0.15, -0.1) is 0 Å². The minimum Gasteiger partial charge on any atom is -0.370 e. The molecular formula is C16H36BN. The molecule has 0 aromatic rings. The number of nitrogens with two attached hydrogens (primary N) is 1. The first-order valence-electron chi connectivity index (χ1n) is 8.56. The van der Waals surface area contributed by atoms with Crippen LogP contribution in [0.1, 0.15) is 90.9 Å². The van der Waals surface area contributed by atoms with Crippen LogP contribution in [0.15, 0.2) is 0 Å². The smallest absolute Gasteiger partial charge is 0.217 e. The SMILES string of the molecule is CCCCCCCCB(N)CCCCCCCC. The predicted molar refractivity (Wildman–Crippen MR) is 86.3 cm³/mol. The molecule has 0 heterocycles. The van der Waals surface area contributed by atoms with E-state index in [0.29, 0.717) is 6.85 Å². The molecule has 0 aromatic carbocycles. The third-order valence-corrected chi connectivity index (χ3v) is 3.86. The summed E-state index contributed by atoms with van der Waals surface area (Å²) >= 11 is 0. The lowest BCUT2D eigenvalue weighted by Crippen LogP contribution is -2.24. The van der Waals surface area contributed by atoms with Crippen LogP contribution in [0.4, 0.5) is 0 Å². The van der Waals surface area contributed by atoms with Crippen LogP contribution in [0.25, 0.3) is 0 Å². The fourth-order valence-corrected chi connectivity index (χ4v) is 2.52. The van der Waals surface area contributed by atoms with Gasteiger partial charge in [0, 0.05) is 0 Å². The van der Waals surface area contributed by atoms with Gasteiger partial charge in [0.15, 0.2) is 0 Å².